The Morgan fingerprint density at radius 1 is 1.22 bits per heavy atom. The predicted octanol–water partition coefficient (Wildman–Crippen LogP) is 2.47. The molecule has 0 spiro atoms. The molecule has 0 bridgehead atoms. The minimum atomic E-state index is -0.0860. The number of hydrogen-bond donors (Lipinski definition) is 1. The van der Waals surface area contributed by atoms with Crippen LogP contribution in [0.4, 0.5) is 0 Å². The fraction of sp³-hybridized carbons (Fsp3) is 0.429. The Labute approximate surface area is 108 Å². The topological polar surface area (TPSA) is 56.7 Å². The van der Waals surface area contributed by atoms with Gasteiger partial charge >= 0.3 is 0 Å². The van der Waals surface area contributed by atoms with Gasteiger partial charge in [-0.25, -0.2) is 0 Å². The molecule has 0 fully saturated rings. The lowest BCUT2D eigenvalue weighted by Crippen LogP contribution is -2.26. The summed E-state index contributed by atoms with van der Waals surface area (Å²) in [6, 6.07) is 8.28. The van der Waals surface area contributed by atoms with Crippen LogP contribution >= 0.6 is 0 Å². The van der Waals surface area contributed by atoms with Crippen LogP contribution in [0.15, 0.2) is 24.3 Å². The summed E-state index contributed by atoms with van der Waals surface area (Å²) in [6.45, 7) is 8.87. The summed E-state index contributed by atoms with van der Waals surface area (Å²) in [5, 5.41) is 8.49. The number of aryl methyl sites for hydroxylation is 1. The van der Waals surface area contributed by atoms with Gasteiger partial charge in [0.2, 0.25) is 0 Å². The third kappa shape index (κ3) is 2.29. The highest BCUT2D eigenvalue weighted by molar-refractivity contribution is 5.56. The molecular weight excluding hydrogens is 224 g/mol. The molecular formula is C14H20N4. The molecule has 0 saturated carbocycles. The largest absolute Gasteiger partial charge is 0.324 e. The third-order valence-electron chi connectivity index (χ3n) is 2.86. The Morgan fingerprint density at radius 2 is 1.94 bits per heavy atom. The molecule has 2 aromatic rings. The van der Waals surface area contributed by atoms with Crippen LogP contribution in [-0.4, -0.2) is 14.8 Å². The first-order chi connectivity index (χ1) is 8.43. The lowest BCUT2D eigenvalue weighted by atomic mass is 10.1. The number of aromatic nitrogens is 3. The molecule has 0 atom stereocenters. The van der Waals surface area contributed by atoms with E-state index in [1.54, 1.807) is 0 Å². The van der Waals surface area contributed by atoms with Gasteiger partial charge in [-0.15, -0.1) is 10.2 Å². The van der Waals surface area contributed by atoms with E-state index in [1.807, 2.05) is 6.07 Å². The maximum absolute atomic E-state index is 5.75. The van der Waals surface area contributed by atoms with E-state index in [0.29, 0.717) is 6.54 Å². The van der Waals surface area contributed by atoms with Crippen molar-refractivity contribution in [2.24, 2.45) is 5.73 Å². The zero-order valence-electron chi connectivity index (χ0n) is 11.4. The van der Waals surface area contributed by atoms with Crippen LogP contribution in [0.5, 0.6) is 0 Å². The first-order valence-electron chi connectivity index (χ1n) is 6.15. The summed E-state index contributed by atoms with van der Waals surface area (Å²) >= 11 is 0. The van der Waals surface area contributed by atoms with Crippen LogP contribution in [0.2, 0.25) is 0 Å². The van der Waals surface area contributed by atoms with Gasteiger partial charge < -0.3 is 10.3 Å². The smallest absolute Gasteiger partial charge is 0.164 e. The number of rotatable bonds is 2. The molecule has 2 rings (SSSR count). The van der Waals surface area contributed by atoms with E-state index >= 15 is 0 Å². The molecule has 1 aromatic carbocycles. The van der Waals surface area contributed by atoms with Gasteiger partial charge in [-0.05, 0) is 33.8 Å². The highest BCUT2D eigenvalue weighted by Gasteiger charge is 2.23. The Balaban J connectivity index is 2.62. The molecule has 1 heterocycles. The fourth-order valence-electron chi connectivity index (χ4n) is 2.12. The van der Waals surface area contributed by atoms with E-state index in [1.165, 1.54) is 5.56 Å². The van der Waals surface area contributed by atoms with Gasteiger partial charge in [0.15, 0.2) is 5.82 Å². The van der Waals surface area contributed by atoms with E-state index in [-0.39, 0.29) is 5.54 Å². The zero-order chi connectivity index (χ0) is 13.3. The minimum absolute atomic E-state index is 0.0860. The molecule has 0 amide bonds. The summed E-state index contributed by atoms with van der Waals surface area (Å²) < 4.78 is 2.11. The highest BCUT2D eigenvalue weighted by Crippen LogP contribution is 2.26. The van der Waals surface area contributed by atoms with Crippen molar-refractivity contribution in [3.05, 3.63) is 35.7 Å². The van der Waals surface area contributed by atoms with Gasteiger partial charge in [0.1, 0.15) is 5.82 Å². The second-order valence-electron chi connectivity index (χ2n) is 5.52. The summed E-state index contributed by atoms with van der Waals surface area (Å²) in [6.07, 6.45) is 0. The predicted molar refractivity (Wildman–Crippen MR) is 73.1 cm³/mol. The van der Waals surface area contributed by atoms with Crippen molar-refractivity contribution < 1.29 is 0 Å². The number of nitrogens with two attached hydrogens (primary N) is 1. The molecule has 4 heteroatoms. The average Bonchev–Trinajstić information content (AvgIpc) is 2.72. The van der Waals surface area contributed by atoms with Crippen LogP contribution in [0, 0.1) is 6.92 Å². The van der Waals surface area contributed by atoms with Crippen molar-refractivity contribution in [1.29, 1.82) is 0 Å². The second-order valence-corrected chi connectivity index (χ2v) is 5.52. The van der Waals surface area contributed by atoms with Crippen molar-refractivity contribution >= 4 is 0 Å². The quantitative estimate of drug-likeness (QED) is 0.883. The number of nitrogens with zero attached hydrogens (tertiary/aromatic N) is 3. The van der Waals surface area contributed by atoms with E-state index in [2.05, 4.69) is 60.7 Å². The van der Waals surface area contributed by atoms with Crippen LogP contribution in [0.3, 0.4) is 0 Å². The van der Waals surface area contributed by atoms with Crippen molar-refractivity contribution in [3.8, 4) is 11.4 Å². The van der Waals surface area contributed by atoms with Gasteiger partial charge in [0, 0.05) is 11.1 Å². The maximum Gasteiger partial charge on any atom is 0.164 e. The summed E-state index contributed by atoms with van der Waals surface area (Å²) in [7, 11) is 0. The molecule has 0 radical (unpaired) electrons. The molecule has 18 heavy (non-hydrogen) atoms. The molecule has 0 aliphatic heterocycles. The number of benzene rings is 1. The molecule has 1 aromatic heterocycles. The molecule has 0 saturated heterocycles. The molecule has 0 aliphatic rings. The van der Waals surface area contributed by atoms with Gasteiger partial charge in [-0.2, -0.15) is 0 Å². The SMILES string of the molecule is Cc1cccc(-c2nnc(CN)n2C(C)(C)C)c1. The Morgan fingerprint density at radius 3 is 2.50 bits per heavy atom. The van der Waals surface area contributed by atoms with E-state index in [9.17, 15) is 0 Å². The van der Waals surface area contributed by atoms with Crippen LogP contribution in [0.1, 0.15) is 32.2 Å². The van der Waals surface area contributed by atoms with Crippen LogP contribution < -0.4 is 5.73 Å². The van der Waals surface area contributed by atoms with Gasteiger partial charge in [-0.3, -0.25) is 0 Å². The van der Waals surface area contributed by atoms with E-state index in [0.717, 1.165) is 17.2 Å². The Kier molecular flexibility index (Phi) is 3.22. The van der Waals surface area contributed by atoms with Crippen molar-refractivity contribution in [2.45, 2.75) is 39.8 Å². The Bertz CT molecular complexity index is 549. The molecule has 2 N–H and O–H groups in total. The standard InChI is InChI=1S/C14H20N4/c1-10-6-5-7-11(8-10)13-17-16-12(9-15)18(13)14(2,3)4/h5-8H,9,15H2,1-4H3. The molecule has 4 nitrogen and oxygen atoms in total. The number of hydrogen-bond acceptors (Lipinski definition) is 3. The molecule has 0 unspecified atom stereocenters. The normalized spacial score (nSPS) is 11.8. The highest BCUT2D eigenvalue weighted by atomic mass is 15.3. The third-order valence-corrected chi connectivity index (χ3v) is 2.86. The van der Waals surface area contributed by atoms with Crippen molar-refractivity contribution in [3.63, 3.8) is 0 Å². The minimum Gasteiger partial charge on any atom is -0.324 e. The Hall–Kier alpha value is -1.68. The van der Waals surface area contributed by atoms with Gasteiger partial charge in [0.05, 0.1) is 6.54 Å². The van der Waals surface area contributed by atoms with E-state index in [4.69, 9.17) is 5.73 Å². The van der Waals surface area contributed by atoms with Gasteiger partial charge in [0.25, 0.3) is 0 Å². The summed E-state index contributed by atoms with van der Waals surface area (Å²) in [5.41, 5.74) is 7.95. The fourth-order valence-corrected chi connectivity index (χ4v) is 2.12. The molecule has 96 valence electrons. The van der Waals surface area contributed by atoms with Gasteiger partial charge in [-0.1, -0.05) is 23.8 Å². The first kappa shape index (κ1) is 12.8. The maximum atomic E-state index is 5.75. The first-order valence-corrected chi connectivity index (χ1v) is 6.15. The lowest BCUT2D eigenvalue weighted by Gasteiger charge is -2.24. The van der Waals surface area contributed by atoms with Crippen molar-refractivity contribution in [2.75, 3.05) is 0 Å². The van der Waals surface area contributed by atoms with Crippen molar-refractivity contribution in [1.82, 2.24) is 14.8 Å². The lowest BCUT2D eigenvalue weighted by molar-refractivity contribution is 0.386. The molecule has 0 aliphatic carbocycles. The average molecular weight is 244 g/mol. The monoisotopic (exact) mass is 244 g/mol. The van der Waals surface area contributed by atoms with Crippen LogP contribution in [0.25, 0.3) is 11.4 Å². The second kappa shape index (κ2) is 4.53. The summed E-state index contributed by atoms with van der Waals surface area (Å²) in [4.78, 5) is 0. The van der Waals surface area contributed by atoms with E-state index < -0.39 is 0 Å². The van der Waals surface area contributed by atoms with Crippen LogP contribution in [-0.2, 0) is 12.1 Å². The summed E-state index contributed by atoms with van der Waals surface area (Å²) in [5.74, 6) is 1.70. The zero-order valence-corrected chi connectivity index (χ0v) is 11.4.